The van der Waals surface area contributed by atoms with Gasteiger partial charge in [-0.25, -0.2) is 0 Å². The Hall–Kier alpha value is -2.12. The Morgan fingerprint density at radius 2 is 2.30 bits per heavy atom. The van der Waals surface area contributed by atoms with Gasteiger partial charge in [-0.15, -0.1) is 6.42 Å². The molecule has 0 aliphatic heterocycles. The number of benzene rings is 1. The molecular weight excluding hydrogens is 278 g/mol. The van der Waals surface area contributed by atoms with Crippen LogP contribution in [0.5, 0.6) is 11.5 Å². The molecule has 106 valence electrons. The van der Waals surface area contributed by atoms with Crippen molar-refractivity contribution in [1.29, 1.82) is 0 Å². The molecule has 0 fully saturated rings. The van der Waals surface area contributed by atoms with E-state index in [4.69, 9.17) is 27.5 Å². The fourth-order valence-electron chi connectivity index (χ4n) is 1.49. The summed E-state index contributed by atoms with van der Waals surface area (Å²) in [6.07, 6.45) is 8.05. The number of halogens is 1. The summed E-state index contributed by atoms with van der Waals surface area (Å²) >= 11 is 6.13. The van der Waals surface area contributed by atoms with Crippen LogP contribution in [-0.2, 0) is 4.79 Å². The van der Waals surface area contributed by atoms with Gasteiger partial charge in [-0.2, -0.15) is 0 Å². The number of carbonyl (C=O) groups excluding carboxylic acids is 1. The topological polar surface area (TPSA) is 47.6 Å². The van der Waals surface area contributed by atoms with Gasteiger partial charge in [0.15, 0.2) is 11.5 Å². The van der Waals surface area contributed by atoms with Crippen LogP contribution in [0.4, 0.5) is 0 Å². The van der Waals surface area contributed by atoms with Crippen LogP contribution >= 0.6 is 11.6 Å². The lowest BCUT2D eigenvalue weighted by molar-refractivity contribution is -0.116. The molecule has 5 heteroatoms. The van der Waals surface area contributed by atoms with E-state index < -0.39 is 0 Å². The summed E-state index contributed by atoms with van der Waals surface area (Å²) in [5, 5.41) is 2.95. The summed E-state index contributed by atoms with van der Waals surface area (Å²) < 4.78 is 10.6. The molecule has 1 amide bonds. The molecule has 0 saturated carbocycles. The Morgan fingerprint density at radius 1 is 1.55 bits per heavy atom. The number of ether oxygens (including phenoxy) is 2. The highest BCUT2D eigenvalue weighted by Crippen LogP contribution is 2.36. The maximum Gasteiger partial charge on any atom is 0.244 e. The number of amides is 1. The third kappa shape index (κ3) is 4.52. The zero-order valence-corrected chi connectivity index (χ0v) is 12.2. The first-order valence-electron chi connectivity index (χ1n) is 6.02. The number of rotatable bonds is 6. The van der Waals surface area contributed by atoms with Crippen LogP contribution in [0.2, 0.25) is 5.02 Å². The Morgan fingerprint density at radius 3 is 2.90 bits per heavy atom. The standard InChI is InChI=1S/C15H16ClNO3/c1-4-8-17-14(18)7-6-11-9-12(16)15(20-5-2)13(10-11)19-3/h1,6-7,9-10H,5,8H2,2-3H3,(H,17,18)/b7-6+. The first-order valence-corrected chi connectivity index (χ1v) is 6.39. The van der Waals surface area contributed by atoms with Gasteiger partial charge in [0.1, 0.15) is 0 Å². The Balaban J connectivity index is 2.92. The van der Waals surface area contributed by atoms with Gasteiger partial charge in [0, 0.05) is 6.08 Å². The summed E-state index contributed by atoms with van der Waals surface area (Å²) in [6.45, 7) is 2.54. The van der Waals surface area contributed by atoms with Crippen LogP contribution in [0.3, 0.4) is 0 Å². The van der Waals surface area contributed by atoms with Gasteiger partial charge in [0.05, 0.1) is 25.3 Å². The average molecular weight is 294 g/mol. The molecule has 1 aromatic rings. The molecule has 0 spiro atoms. The molecule has 0 radical (unpaired) electrons. The maximum absolute atomic E-state index is 11.4. The minimum absolute atomic E-state index is 0.191. The fourth-order valence-corrected chi connectivity index (χ4v) is 1.76. The number of methoxy groups -OCH3 is 1. The van der Waals surface area contributed by atoms with Crippen molar-refractivity contribution in [1.82, 2.24) is 5.32 Å². The molecule has 0 unspecified atom stereocenters. The van der Waals surface area contributed by atoms with Crippen molar-refractivity contribution in [3.05, 3.63) is 28.8 Å². The Bertz CT molecular complexity index is 547. The second kappa shape index (κ2) is 8.13. The third-order valence-electron chi connectivity index (χ3n) is 2.33. The van der Waals surface area contributed by atoms with Gasteiger partial charge in [-0.05, 0) is 30.7 Å². The highest BCUT2D eigenvalue weighted by molar-refractivity contribution is 6.32. The van der Waals surface area contributed by atoms with Gasteiger partial charge < -0.3 is 14.8 Å². The summed E-state index contributed by atoms with van der Waals surface area (Å²) in [5.41, 5.74) is 0.728. The van der Waals surface area contributed by atoms with E-state index in [-0.39, 0.29) is 12.5 Å². The Labute approximate surface area is 123 Å². The van der Waals surface area contributed by atoms with E-state index in [0.29, 0.717) is 23.1 Å². The van der Waals surface area contributed by atoms with Crippen molar-refractivity contribution >= 4 is 23.6 Å². The van der Waals surface area contributed by atoms with Crippen LogP contribution in [0, 0.1) is 12.3 Å². The van der Waals surface area contributed by atoms with Crippen molar-refractivity contribution < 1.29 is 14.3 Å². The van der Waals surface area contributed by atoms with Gasteiger partial charge >= 0.3 is 0 Å². The summed E-state index contributed by atoms with van der Waals surface area (Å²) in [7, 11) is 1.53. The molecular formula is C15H16ClNO3. The molecule has 0 bridgehead atoms. The predicted molar refractivity (Wildman–Crippen MR) is 80.0 cm³/mol. The van der Waals surface area contributed by atoms with E-state index in [9.17, 15) is 4.79 Å². The van der Waals surface area contributed by atoms with Crippen molar-refractivity contribution in [2.75, 3.05) is 20.3 Å². The third-order valence-corrected chi connectivity index (χ3v) is 2.61. The monoisotopic (exact) mass is 293 g/mol. The van der Waals surface area contributed by atoms with E-state index in [1.807, 2.05) is 6.92 Å². The molecule has 0 atom stereocenters. The number of hydrogen-bond donors (Lipinski definition) is 1. The second-order valence-corrected chi connectivity index (χ2v) is 4.13. The van der Waals surface area contributed by atoms with Crippen molar-refractivity contribution in [3.8, 4) is 23.8 Å². The summed E-state index contributed by atoms with van der Waals surface area (Å²) in [5.74, 6) is 3.06. The molecule has 0 aliphatic carbocycles. The molecule has 0 aliphatic rings. The molecule has 1 aromatic carbocycles. The lowest BCUT2D eigenvalue weighted by Gasteiger charge is -2.11. The largest absolute Gasteiger partial charge is 0.493 e. The normalized spacial score (nSPS) is 10.1. The molecule has 0 saturated heterocycles. The SMILES string of the molecule is C#CCNC(=O)/C=C/c1cc(Cl)c(OCC)c(OC)c1. The molecule has 20 heavy (non-hydrogen) atoms. The Kier molecular flexibility index (Phi) is 6.48. The summed E-state index contributed by atoms with van der Waals surface area (Å²) in [4.78, 5) is 11.4. The summed E-state index contributed by atoms with van der Waals surface area (Å²) in [6, 6.07) is 3.43. The van der Waals surface area contributed by atoms with E-state index in [2.05, 4.69) is 11.2 Å². The van der Waals surface area contributed by atoms with Crippen molar-refractivity contribution in [3.63, 3.8) is 0 Å². The van der Waals surface area contributed by atoms with Gasteiger partial charge in [0.25, 0.3) is 0 Å². The number of hydrogen-bond acceptors (Lipinski definition) is 3. The molecule has 0 heterocycles. The van der Waals surface area contributed by atoms with Gasteiger partial charge in [-0.1, -0.05) is 17.5 Å². The zero-order chi connectivity index (χ0) is 15.0. The number of carbonyl (C=O) groups is 1. The van der Waals surface area contributed by atoms with Crippen LogP contribution in [0.15, 0.2) is 18.2 Å². The van der Waals surface area contributed by atoms with Crippen molar-refractivity contribution in [2.45, 2.75) is 6.92 Å². The van der Waals surface area contributed by atoms with E-state index in [0.717, 1.165) is 5.56 Å². The molecule has 1 N–H and O–H groups in total. The van der Waals surface area contributed by atoms with E-state index in [1.165, 1.54) is 13.2 Å². The number of nitrogens with one attached hydrogen (secondary N) is 1. The van der Waals surface area contributed by atoms with Crippen LogP contribution < -0.4 is 14.8 Å². The lowest BCUT2D eigenvalue weighted by Crippen LogP contribution is -2.20. The van der Waals surface area contributed by atoms with E-state index >= 15 is 0 Å². The smallest absolute Gasteiger partial charge is 0.244 e. The lowest BCUT2D eigenvalue weighted by atomic mass is 10.2. The quantitative estimate of drug-likeness (QED) is 0.647. The van der Waals surface area contributed by atoms with Crippen LogP contribution in [0.1, 0.15) is 12.5 Å². The predicted octanol–water partition coefficient (Wildman–Crippen LogP) is 2.51. The zero-order valence-electron chi connectivity index (χ0n) is 11.4. The highest BCUT2D eigenvalue weighted by atomic mass is 35.5. The molecule has 4 nitrogen and oxygen atoms in total. The first-order chi connectivity index (χ1) is 9.62. The van der Waals surface area contributed by atoms with Crippen LogP contribution in [-0.4, -0.2) is 26.2 Å². The maximum atomic E-state index is 11.4. The number of terminal acetylenes is 1. The minimum Gasteiger partial charge on any atom is -0.493 e. The average Bonchev–Trinajstić information content (AvgIpc) is 2.45. The fraction of sp³-hybridized carbons (Fsp3) is 0.267. The molecule has 1 rings (SSSR count). The molecule has 0 aromatic heterocycles. The first kappa shape index (κ1) is 15.9. The van der Waals surface area contributed by atoms with Gasteiger partial charge in [0.2, 0.25) is 5.91 Å². The minimum atomic E-state index is -0.271. The van der Waals surface area contributed by atoms with E-state index in [1.54, 1.807) is 18.2 Å². The van der Waals surface area contributed by atoms with Crippen LogP contribution in [0.25, 0.3) is 6.08 Å². The second-order valence-electron chi connectivity index (χ2n) is 3.72. The van der Waals surface area contributed by atoms with Crippen molar-refractivity contribution in [2.24, 2.45) is 0 Å². The van der Waals surface area contributed by atoms with Gasteiger partial charge in [-0.3, -0.25) is 4.79 Å². The highest BCUT2D eigenvalue weighted by Gasteiger charge is 2.10.